The number of H-pyrrole nitrogens is 1. The third-order valence-electron chi connectivity index (χ3n) is 2.72. The van der Waals surface area contributed by atoms with E-state index in [-0.39, 0.29) is 5.43 Å². The number of rotatable bonds is 0. The van der Waals surface area contributed by atoms with Gasteiger partial charge >= 0.3 is 0 Å². The standard InChI is InChI=1S/C13H7Br2NO/c14-7-1-3-9-11(5-7)16-12-6-8(15)2-4-10(12)13(9)17/h1-6H,(H,16,17). The van der Waals surface area contributed by atoms with Crippen LogP contribution in [0.4, 0.5) is 0 Å². The smallest absolute Gasteiger partial charge is 0.197 e. The van der Waals surface area contributed by atoms with E-state index in [1.165, 1.54) is 0 Å². The predicted octanol–water partition coefficient (Wildman–Crippen LogP) is 4.21. The number of aromatic nitrogens is 1. The third-order valence-corrected chi connectivity index (χ3v) is 3.71. The molecule has 0 unspecified atom stereocenters. The fourth-order valence-corrected chi connectivity index (χ4v) is 2.65. The summed E-state index contributed by atoms with van der Waals surface area (Å²) in [6.45, 7) is 0. The highest BCUT2D eigenvalue weighted by Gasteiger charge is 2.05. The summed E-state index contributed by atoms with van der Waals surface area (Å²) < 4.78 is 1.91. The van der Waals surface area contributed by atoms with Crippen LogP contribution in [0.1, 0.15) is 0 Å². The van der Waals surface area contributed by atoms with Crippen molar-refractivity contribution in [3.05, 3.63) is 55.6 Å². The topological polar surface area (TPSA) is 32.9 Å². The number of benzene rings is 2. The van der Waals surface area contributed by atoms with Crippen LogP contribution >= 0.6 is 31.9 Å². The normalized spacial score (nSPS) is 11.2. The van der Waals surface area contributed by atoms with E-state index in [4.69, 9.17) is 0 Å². The molecule has 0 saturated carbocycles. The van der Waals surface area contributed by atoms with Crippen molar-refractivity contribution in [3.63, 3.8) is 0 Å². The molecular formula is C13H7Br2NO. The first-order valence-corrected chi connectivity index (χ1v) is 6.64. The van der Waals surface area contributed by atoms with Crippen molar-refractivity contribution in [2.45, 2.75) is 0 Å². The second kappa shape index (κ2) is 3.96. The van der Waals surface area contributed by atoms with Gasteiger partial charge < -0.3 is 4.98 Å². The number of pyridine rings is 1. The Morgan fingerprint density at radius 2 is 1.29 bits per heavy atom. The number of aromatic amines is 1. The Bertz CT molecular complexity index is 729. The summed E-state index contributed by atoms with van der Waals surface area (Å²) in [6, 6.07) is 11.2. The zero-order valence-electron chi connectivity index (χ0n) is 8.63. The average Bonchev–Trinajstić information content (AvgIpc) is 2.28. The molecule has 84 valence electrons. The van der Waals surface area contributed by atoms with E-state index in [1.807, 2.05) is 36.4 Å². The molecule has 0 radical (unpaired) electrons. The Morgan fingerprint density at radius 1 is 0.824 bits per heavy atom. The summed E-state index contributed by atoms with van der Waals surface area (Å²) in [6.07, 6.45) is 0. The van der Waals surface area contributed by atoms with Crippen LogP contribution in [0.5, 0.6) is 0 Å². The first-order valence-electron chi connectivity index (χ1n) is 5.06. The maximum absolute atomic E-state index is 12.3. The van der Waals surface area contributed by atoms with Gasteiger partial charge in [-0.15, -0.1) is 0 Å². The predicted molar refractivity (Wildman–Crippen MR) is 77.5 cm³/mol. The fraction of sp³-hybridized carbons (Fsp3) is 0. The largest absolute Gasteiger partial charge is 0.354 e. The number of fused-ring (bicyclic) bond motifs is 2. The van der Waals surface area contributed by atoms with Gasteiger partial charge in [-0.3, -0.25) is 4.79 Å². The minimum atomic E-state index is 0.0637. The summed E-state index contributed by atoms with van der Waals surface area (Å²) >= 11 is 6.81. The first-order chi connectivity index (χ1) is 8.15. The summed E-state index contributed by atoms with van der Waals surface area (Å²) in [5.74, 6) is 0. The van der Waals surface area contributed by atoms with Crippen molar-refractivity contribution in [2.75, 3.05) is 0 Å². The first kappa shape index (κ1) is 11.0. The third kappa shape index (κ3) is 1.81. The minimum absolute atomic E-state index is 0.0637. The van der Waals surface area contributed by atoms with Gasteiger partial charge in [0.2, 0.25) is 0 Å². The highest BCUT2D eigenvalue weighted by molar-refractivity contribution is 9.10. The monoisotopic (exact) mass is 351 g/mol. The van der Waals surface area contributed by atoms with Crippen molar-refractivity contribution in [2.24, 2.45) is 0 Å². The average molecular weight is 353 g/mol. The van der Waals surface area contributed by atoms with E-state index in [0.29, 0.717) is 10.8 Å². The Labute approximate surface area is 114 Å². The van der Waals surface area contributed by atoms with E-state index >= 15 is 0 Å². The molecule has 3 aromatic rings. The van der Waals surface area contributed by atoms with Crippen LogP contribution in [0, 0.1) is 0 Å². The molecule has 2 nitrogen and oxygen atoms in total. The van der Waals surface area contributed by atoms with Gasteiger partial charge in [0, 0.05) is 19.7 Å². The molecule has 0 aliphatic carbocycles. The molecule has 3 rings (SSSR count). The van der Waals surface area contributed by atoms with Gasteiger partial charge in [0.05, 0.1) is 11.0 Å². The number of hydrogen-bond donors (Lipinski definition) is 1. The van der Waals surface area contributed by atoms with E-state index in [9.17, 15) is 4.79 Å². The fourth-order valence-electron chi connectivity index (χ4n) is 1.93. The van der Waals surface area contributed by atoms with Crippen LogP contribution < -0.4 is 5.43 Å². The van der Waals surface area contributed by atoms with E-state index in [0.717, 1.165) is 20.0 Å². The highest BCUT2D eigenvalue weighted by Crippen LogP contribution is 2.21. The quantitative estimate of drug-likeness (QED) is 0.604. The second-order valence-corrected chi connectivity index (χ2v) is 5.67. The van der Waals surface area contributed by atoms with E-state index < -0.39 is 0 Å². The van der Waals surface area contributed by atoms with Crippen molar-refractivity contribution in [3.8, 4) is 0 Å². The second-order valence-electron chi connectivity index (χ2n) is 3.83. The van der Waals surface area contributed by atoms with Crippen LogP contribution in [0.3, 0.4) is 0 Å². The molecule has 0 atom stereocenters. The summed E-state index contributed by atoms with van der Waals surface area (Å²) in [7, 11) is 0. The highest BCUT2D eigenvalue weighted by atomic mass is 79.9. The lowest BCUT2D eigenvalue weighted by Gasteiger charge is -2.03. The Balaban J connectivity index is 2.57. The number of halogens is 2. The lowest BCUT2D eigenvalue weighted by atomic mass is 10.1. The molecule has 0 bridgehead atoms. The molecule has 1 N–H and O–H groups in total. The zero-order valence-corrected chi connectivity index (χ0v) is 11.8. The van der Waals surface area contributed by atoms with Crippen LogP contribution in [-0.4, -0.2) is 4.98 Å². The van der Waals surface area contributed by atoms with E-state index in [2.05, 4.69) is 36.8 Å². The van der Waals surface area contributed by atoms with Crippen molar-refractivity contribution in [1.82, 2.24) is 4.98 Å². The Morgan fingerprint density at radius 3 is 1.76 bits per heavy atom. The maximum atomic E-state index is 12.3. The van der Waals surface area contributed by atoms with Gasteiger partial charge in [-0.05, 0) is 36.4 Å². The molecule has 0 amide bonds. The summed E-state index contributed by atoms with van der Waals surface area (Å²) in [5, 5.41) is 1.42. The molecule has 0 aliphatic heterocycles. The molecule has 0 spiro atoms. The van der Waals surface area contributed by atoms with Crippen molar-refractivity contribution in [1.29, 1.82) is 0 Å². The van der Waals surface area contributed by atoms with E-state index in [1.54, 1.807) is 0 Å². The van der Waals surface area contributed by atoms with Gasteiger partial charge in [0.1, 0.15) is 0 Å². The number of nitrogens with one attached hydrogen (secondary N) is 1. The lowest BCUT2D eigenvalue weighted by Crippen LogP contribution is -2.03. The molecule has 0 fully saturated rings. The maximum Gasteiger partial charge on any atom is 0.197 e. The summed E-state index contributed by atoms with van der Waals surface area (Å²) in [5.41, 5.74) is 1.75. The minimum Gasteiger partial charge on any atom is -0.354 e. The molecule has 0 saturated heterocycles. The molecular weight excluding hydrogens is 346 g/mol. The van der Waals surface area contributed by atoms with Gasteiger partial charge in [0.15, 0.2) is 5.43 Å². The molecule has 17 heavy (non-hydrogen) atoms. The van der Waals surface area contributed by atoms with Gasteiger partial charge in [-0.1, -0.05) is 31.9 Å². The number of hydrogen-bond acceptors (Lipinski definition) is 1. The molecule has 1 heterocycles. The van der Waals surface area contributed by atoms with Crippen LogP contribution in [0.25, 0.3) is 21.8 Å². The van der Waals surface area contributed by atoms with Gasteiger partial charge in [0.25, 0.3) is 0 Å². The lowest BCUT2D eigenvalue weighted by molar-refractivity contribution is 1.46. The Kier molecular flexibility index (Phi) is 2.56. The zero-order chi connectivity index (χ0) is 12.0. The van der Waals surface area contributed by atoms with Crippen LogP contribution in [0.15, 0.2) is 50.1 Å². The molecule has 1 aromatic heterocycles. The molecule has 4 heteroatoms. The summed E-state index contributed by atoms with van der Waals surface area (Å²) in [4.78, 5) is 15.5. The Hall–Kier alpha value is -1.13. The van der Waals surface area contributed by atoms with Crippen LogP contribution in [-0.2, 0) is 0 Å². The van der Waals surface area contributed by atoms with Gasteiger partial charge in [-0.2, -0.15) is 0 Å². The SMILES string of the molecule is O=c1c2ccc(Br)cc2[nH]c2cc(Br)ccc12. The van der Waals surface area contributed by atoms with Crippen molar-refractivity contribution >= 4 is 53.7 Å². The van der Waals surface area contributed by atoms with Crippen LogP contribution in [0.2, 0.25) is 0 Å². The molecule has 0 aliphatic rings. The van der Waals surface area contributed by atoms with Crippen molar-refractivity contribution < 1.29 is 0 Å². The molecule has 2 aromatic carbocycles. The van der Waals surface area contributed by atoms with Gasteiger partial charge in [-0.25, -0.2) is 0 Å².